The van der Waals surface area contributed by atoms with E-state index in [1.54, 1.807) is 0 Å². The van der Waals surface area contributed by atoms with Gasteiger partial charge in [-0.25, -0.2) is 0 Å². The third-order valence-electron chi connectivity index (χ3n) is 1.54. The molecule has 1 heterocycles. The molecule has 1 aliphatic heterocycles. The van der Waals surface area contributed by atoms with Crippen molar-refractivity contribution < 1.29 is 4.79 Å². The molecular formula is C9H12N2O. The Kier molecular flexibility index (Phi) is 3.14. The number of carbonyl (C=O) groups is 1. The standard InChI is InChI=1S/C9H12N2O/c1-2-9(12)11-7-8-5-3-4-6-10-8/h2-6,8,10H,1,7H2,(H,11,12). The Morgan fingerprint density at radius 1 is 1.67 bits per heavy atom. The molecule has 64 valence electrons. The lowest BCUT2D eigenvalue weighted by molar-refractivity contribution is -0.116. The summed E-state index contributed by atoms with van der Waals surface area (Å²) in [6.07, 6.45) is 8.96. The van der Waals surface area contributed by atoms with Crippen LogP contribution >= 0.6 is 0 Å². The summed E-state index contributed by atoms with van der Waals surface area (Å²) in [6, 6.07) is 0.193. The molecule has 3 heteroatoms. The first-order valence-electron chi connectivity index (χ1n) is 3.82. The molecule has 0 aromatic rings. The topological polar surface area (TPSA) is 41.1 Å². The number of nitrogens with one attached hydrogen (secondary N) is 2. The van der Waals surface area contributed by atoms with Crippen LogP contribution in [-0.2, 0) is 4.79 Å². The van der Waals surface area contributed by atoms with Gasteiger partial charge in [0, 0.05) is 6.54 Å². The van der Waals surface area contributed by atoms with Crippen LogP contribution in [0, 0.1) is 0 Å². The van der Waals surface area contributed by atoms with Crippen LogP contribution in [0.5, 0.6) is 0 Å². The average molecular weight is 164 g/mol. The molecule has 0 aromatic carbocycles. The van der Waals surface area contributed by atoms with E-state index in [0.717, 1.165) is 0 Å². The number of amides is 1. The van der Waals surface area contributed by atoms with Gasteiger partial charge in [-0.1, -0.05) is 18.7 Å². The van der Waals surface area contributed by atoms with Gasteiger partial charge in [0.2, 0.25) is 5.91 Å². The molecular weight excluding hydrogens is 152 g/mol. The molecule has 3 nitrogen and oxygen atoms in total. The maximum Gasteiger partial charge on any atom is 0.243 e. The Labute approximate surface area is 71.8 Å². The first-order valence-corrected chi connectivity index (χ1v) is 3.82. The maximum absolute atomic E-state index is 10.8. The molecule has 1 amide bonds. The van der Waals surface area contributed by atoms with Crippen molar-refractivity contribution in [3.63, 3.8) is 0 Å². The van der Waals surface area contributed by atoms with E-state index in [4.69, 9.17) is 0 Å². The van der Waals surface area contributed by atoms with E-state index in [1.807, 2.05) is 24.4 Å². The molecule has 0 aliphatic carbocycles. The highest BCUT2D eigenvalue weighted by Gasteiger charge is 2.03. The third kappa shape index (κ3) is 2.62. The molecule has 2 N–H and O–H groups in total. The summed E-state index contributed by atoms with van der Waals surface area (Å²) in [4.78, 5) is 10.8. The molecule has 12 heavy (non-hydrogen) atoms. The second-order valence-electron chi connectivity index (χ2n) is 2.47. The van der Waals surface area contributed by atoms with E-state index in [0.29, 0.717) is 6.54 Å². The van der Waals surface area contributed by atoms with Crippen molar-refractivity contribution in [1.82, 2.24) is 10.6 Å². The minimum Gasteiger partial charge on any atom is -0.383 e. The quantitative estimate of drug-likeness (QED) is 0.590. The van der Waals surface area contributed by atoms with E-state index in [-0.39, 0.29) is 11.9 Å². The predicted molar refractivity (Wildman–Crippen MR) is 48.4 cm³/mol. The average Bonchev–Trinajstić information content (AvgIpc) is 2.16. The van der Waals surface area contributed by atoms with Gasteiger partial charge in [0.1, 0.15) is 0 Å². The van der Waals surface area contributed by atoms with Gasteiger partial charge >= 0.3 is 0 Å². The first kappa shape index (κ1) is 8.59. The van der Waals surface area contributed by atoms with Crippen LogP contribution in [0.2, 0.25) is 0 Å². The smallest absolute Gasteiger partial charge is 0.243 e. The Bertz CT molecular complexity index is 231. The van der Waals surface area contributed by atoms with Crippen molar-refractivity contribution in [2.75, 3.05) is 6.54 Å². The lowest BCUT2D eigenvalue weighted by Crippen LogP contribution is -2.37. The van der Waals surface area contributed by atoms with Gasteiger partial charge in [0.05, 0.1) is 6.04 Å². The molecule has 0 bridgehead atoms. The lowest BCUT2D eigenvalue weighted by Gasteiger charge is -2.15. The van der Waals surface area contributed by atoms with Gasteiger partial charge in [-0.15, -0.1) is 0 Å². The van der Waals surface area contributed by atoms with Gasteiger partial charge in [-0.3, -0.25) is 4.79 Å². The second-order valence-corrected chi connectivity index (χ2v) is 2.47. The molecule has 0 aromatic heterocycles. The number of dihydropyridines is 1. The van der Waals surface area contributed by atoms with Crippen molar-refractivity contribution in [1.29, 1.82) is 0 Å². The zero-order valence-electron chi connectivity index (χ0n) is 6.79. The Morgan fingerprint density at radius 2 is 2.50 bits per heavy atom. The van der Waals surface area contributed by atoms with E-state index < -0.39 is 0 Å². The first-order chi connectivity index (χ1) is 5.83. The van der Waals surface area contributed by atoms with Crippen LogP contribution in [0.15, 0.2) is 37.1 Å². The zero-order valence-corrected chi connectivity index (χ0v) is 6.79. The van der Waals surface area contributed by atoms with Crippen LogP contribution in [0.1, 0.15) is 0 Å². The normalized spacial score (nSPS) is 19.8. The number of rotatable bonds is 3. The predicted octanol–water partition coefficient (Wildman–Crippen LogP) is 0.330. The van der Waals surface area contributed by atoms with E-state index in [2.05, 4.69) is 17.2 Å². The number of carbonyl (C=O) groups excluding carboxylic acids is 1. The van der Waals surface area contributed by atoms with Gasteiger partial charge in [-0.2, -0.15) is 0 Å². The fourth-order valence-electron chi connectivity index (χ4n) is 0.898. The van der Waals surface area contributed by atoms with E-state index >= 15 is 0 Å². The van der Waals surface area contributed by atoms with Crippen LogP contribution in [0.25, 0.3) is 0 Å². The monoisotopic (exact) mass is 164 g/mol. The summed E-state index contributed by atoms with van der Waals surface area (Å²) in [7, 11) is 0. The van der Waals surface area contributed by atoms with Gasteiger partial charge in [-0.05, 0) is 18.4 Å². The number of allylic oxidation sites excluding steroid dienone is 2. The van der Waals surface area contributed by atoms with Crippen molar-refractivity contribution in [3.8, 4) is 0 Å². The number of hydrogen-bond acceptors (Lipinski definition) is 2. The van der Waals surface area contributed by atoms with Gasteiger partial charge in [0.15, 0.2) is 0 Å². The largest absolute Gasteiger partial charge is 0.383 e. The Hall–Kier alpha value is -1.51. The molecule has 1 aliphatic rings. The molecule has 1 unspecified atom stereocenters. The lowest BCUT2D eigenvalue weighted by atomic mass is 10.2. The van der Waals surface area contributed by atoms with Crippen LogP contribution in [-0.4, -0.2) is 18.5 Å². The molecule has 1 rings (SSSR count). The van der Waals surface area contributed by atoms with Crippen LogP contribution in [0.4, 0.5) is 0 Å². The van der Waals surface area contributed by atoms with Crippen LogP contribution < -0.4 is 10.6 Å². The summed E-state index contributed by atoms with van der Waals surface area (Å²) in [5.41, 5.74) is 0. The fraction of sp³-hybridized carbons (Fsp3) is 0.222. The molecule has 0 saturated carbocycles. The van der Waals surface area contributed by atoms with Crippen molar-refractivity contribution in [3.05, 3.63) is 37.1 Å². The number of hydrogen-bond donors (Lipinski definition) is 2. The fourth-order valence-corrected chi connectivity index (χ4v) is 0.898. The molecule has 0 saturated heterocycles. The highest BCUT2D eigenvalue weighted by Crippen LogP contribution is 1.92. The Morgan fingerprint density at radius 3 is 3.08 bits per heavy atom. The highest BCUT2D eigenvalue weighted by atomic mass is 16.1. The maximum atomic E-state index is 10.8. The second kappa shape index (κ2) is 4.38. The van der Waals surface area contributed by atoms with Gasteiger partial charge in [0.25, 0.3) is 0 Å². The van der Waals surface area contributed by atoms with Crippen LogP contribution in [0.3, 0.4) is 0 Å². The summed E-state index contributed by atoms with van der Waals surface area (Å²) < 4.78 is 0. The molecule has 0 fully saturated rings. The summed E-state index contributed by atoms with van der Waals surface area (Å²) in [6.45, 7) is 3.95. The zero-order chi connectivity index (χ0) is 8.81. The van der Waals surface area contributed by atoms with Crippen molar-refractivity contribution in [2.45, 2.75) is 6.04 Å². The van der Waals surface area contributed by atoms with Gasteiger partial charge < -0.3 is 10.6 Å². The summed E-state index contributed by atoms with van der Waals surface area (Å²) >= 11 is 0. The van der Waals surface area contributed by atoms with Crippen molar-refractivity contribution >= 4 is 5.91 Å². The van der Waals surface area contributed by atoms with E-state index in [9.17, 15) is 4.79 Å². The van der Waals surface area contributed by atoms with E-state index in [1.165, 1.54) is 6.08 Å². The summed E-state index contributed by atoms with van der Waals surface area (Å²) in [5, 5.41) is 5.78. The SMILES string of the molecule is C=CC(=O)NCC1C=CC=CN1. The molecule has 1 atom stereocenters. The minimum atomic E-state index is -0.139. The third-order valence-corrected chi connectivity index (χ3v) is 1.54. The molecule has 0 spiro atoms. The Balaban J connectivity index is 2.23. The minimum absolute atomic E-state index is 0.139. The molecule has 0 radical (unpaired) electrons. The summed E-state index contributed by atoms with van der Waals surface area (Å²) in [5.74, 6) is -0.139. The highest BCUT2D eigenvalue weighted by molar-refractivity contribution is 5.86. The van der Waals surface area contributed by atoms with Crippen molar-refractivity contribution in [2.24, 2.45) is 0 Å².